The number of hydrogen-bond donors (Lipinski definition) is 1. The molecule has 3 unspecified atom stereocenters. The Labute approximate surface area is 130 Å². The normalized spacial score (nSPS) is 38.6. The fourth-order valence-electron chi connectivity index (χ4n) is 4.71. The molecule has 0 saturated carbocycles. The molecule has 122 valence electrons. The Morgan fingerprint density at radius 1 is 1.29 bits per heavy atom. The summed E-state index contributed by atoms with van der Waals surface area (Å²) in [6, 6.07) is 0.847. The van der Waals surface area contributed by atoms with Crippen molar-refractivity contribution >= 4 is 0 Å². The fourth-order valence-corrected chi connectivity index (χ4v) is 4.71. The summed E-state index contributed by atoms with van der Waals surface area (Å²) < 4.78 is 5.75. The lowest BCUT2D eigenvalue weighted by atomic mass is 9.81. The maximum atomic E-state index is 5.75. The van der Waals surface area contributed by atoms with Gasteiger partial charge in [-0.25, -0.2) is 0 Å². The first kappa shape index (κ1) is 15.7. The smallest absolute Gasteiger partial charge is 0.0547 e. The van der Waals surface area contributed by atoms with Gasteiger partial charge in [0.25, 0.3) is 0 Å². The van der Waals surface area contributed by atoms with Crippen molar-refractivity contribution < 1.29 is 4.74 Å². The van der Waals surface area contributed by atoms with Gasteiger partial charge in [0, 0.05) is 37.7 Å². The molecule has 3 aliphatic rings. The number of ether oxygens (including phenoxy) is 1. The molecule has 3 heterocycles. The number of rotatable bonds is 5. The first-order valence-corrected chi connectivity index (χ1v) is 8.93. The van der Waals surface area contributed by atoms with Crippen LogP contribution >= 0.6 is 0 Å². The topological polar surface area (TPSA) is 27.7 Å². The third-order valence-corrected chi connectivity index (χ3v) is 5.92. The summed E-state index contributed by atoms with van der Waals surface area (Å²) in [4.78, 5) is 5.35. The van der Waals surface area contributed by atoms with E-state index in [-0.39, 0.29) is 0 Å². The van der Waals surface area contributed by atoms with Crippen LogP contribution in [0.4, 0.5) is 0 Å². The van der Waals surface area contributed by atoms with Crippen LogP contribution in [0.5, 0.6) is 0 Å². The molecule has 3 fully saturated rings. The van der Waals surface area contributed by atoms with Crippen molar-refractivity contribution in [2.75, 3.05) is 59.5 Å². The summed E-state index contributed by atoms with van der Waals surface area (Å²) in [5, 5.41) is 3.57. The second-order valence-corrected chi connectivity index (χ2v) is 7.56. The Hall–Kier alpha value is -0.160. The Bertz CT molecular complexity index is 330. The zero-order valence-electron chi connectivity index (χ0n) is 13.9. The van der Waals surface area contributed by atoms with Crippen molar-refractivity contribution in [3.8, 4) is 0 Å². The SMILES string of the molecule is CCNCC1(CN2CCC3C(CCCN3C)C2)CCOC1. The van der Waals surface area contributed by atoms with Gasteiger partial charge in [0.15, 0.2) is 0 Å². The minimum Gasteiger partial charge on any atom is -0.381 e. The van der Waals surface area contributed by atoms with Crippen LogP contribution in [0.1, 0.15) is 32.6 Å². The third kappa shape index (κ3) is 3.61. The monoisotopic (exact) mass is 295 g/mol. The highest BCUT2D eigenvalue weighted by atomic mass is 16.5. The first-order valence-electron chi connectivity index (χ1n) is 8.93. The predicted octanol–water partition coefficient (Wildman–Crippen LogP) is 1.42. The summed E-state index contributed by atoms with van der Waals surface area (Å²) in [6.45, 7) is 11.4. The summed E-state index contributed by atoms with van der Waals surface area (Å²) in [5.74, 6) is 0.899. The molecule has 3 aliphatic heterocycles. The lowest BCUT2D eigenvalue weighted by Gasteiger charge is -2.47. The van der Waals surface area contributed by atoms with E-state index in [1.807, 2.05) is 0 Å². The number of nitrogens with zero attached hydrogens (tertiary/aromatic N) is 2. The van der Waals surface area contributed by atoms with Crippen LogP contribution < -0.4 is 5.32 Å². The van der Waals surface area contributed by atoms with Gasteiger partial charge in [0.1, 0.15) is 0 Å². The van der Waals surface area contributed by atoms with Crippen molar-refractivity contribution in [1.29, 1.82) is 0 Å². The zero-order valence-corrected chi connectivity index (χ0v) is 13.9. The van der Waals surface area contributed by atoms with Crippen LogP contribution in [0.2, 0.25) is 0 Å². The number of fused-ring (bicyclic) bond motifs is 1. The summed E-state index contributed by atoms with van der Waals surface area (Å²) in [7, 11) is 2.32. The number of piperidine rings is 2. The minimum atomic E-state index is 0.364. The van der Waals surface area contributed by atoms with E-state index in [0.29, 0.717) is 5.41 Å². The molecule has 0 aromatic rings. The van der Waals surface area contributed by atoms with E-state index in [1.54, 1.807) is 0 Å². The van der Waals surface area contributed by atoms with Crippen LogP contribution in [0.15, 0.2) is 0 Å². The van der Waals surface area contributed by atoms with Gasteiger partial charge < -0.3 is 19.9 Å². The van der Waals surface area contributed by atoms with E-state index in [2.05, 4.69) is 29.1 Å². The molecule has 0 aromatic heterocycles. The largest absolute Gasteiger partial charge is 0.381 e. The zero-order chi connectivity index (χ0) is 14.7. The van der Waals surface area contributed by atoms with Crippen molar-refractivity contribution in [2.24, 2.45) is 11.3 Å². The summed E-state index contributed by atoms with van der Waals surface area (Å²) in [6.07, 6.45) is 5.41. The average Bonchev–Trinajstić information content (AvgIpc) is 2.94. The van der Waals surface area contributed by atoms with E-state index < -0.39 is 0 Å². The lowest BCUT2D eigenvalue weighted by molar-refractivity contribution is 0.0164. The molecular formula is C17H33N3O. The first-order chi connectivity index (χ1) is 10.2. The molecule has 1 N–H and O–H groups in total. The molecule has 0 bridgehead atoms. The van der Waals surface area contributed by atoms with E-state index >= 15 is 0 Å². The molecule has 4 heteroatoms. The molecule has 3 saturated heterocycles. The van der Waals surface area contributed by atoms with Gasteiger partial charge in [-0.15, -0.1) is 0 Å². The molecule has 0 aromatic carbocycles. The Balaban J connectivity index is 1.57. The highest BCUT2D eigenvalue weighted by Gasteiger charge is 2.40. The van der Waals surface area contributed by atoms with Crippen LogP contribution in [0, 0.1) is 11.3 Å². The molecule has 21 heavy (non-hydrogen) atoms. The van der Waals surface area contributed by atoms with Crippen molar-refractivity contribution in [2.45, 2.75) is 38.6 Å². The Kier molecular flexibility index (Phi) is 5.20. The molecule has 3 rings (SSSR count). The van der Waals surface area contributed by atoms with Crippen molar-refractivity contribution in [3.05, 3.63) is 0 Å². The second kappa shape index (κ2) is 6.95. The number of likely N-dealkylation sites (tertiary alicyclic amines) is 2. The van der Waals surface area contributed by atoms with E-state index in [0.717, 1.165) is 38.3 Å². The molecule has 0 amide bonds. The van der Waals surface area contributed by atoms with Gasteiger partial charge in [0.05, 0.1) is 6.61 Å². The van der Waals surface area contributed by atoms with Crippen LogP contribution in [0.3, 0.4) is 0 Å². The molecule has 0 radical (unpaired) electrons. The van der Waals surface area contributed by atoms with Crippen LogP contribution in [-0.2, 0) is 4.74 Å². The van der Waals surface area contributed by atoms with Gasteiger partial charge in [0.2, 0.25) is 0 Å². The number of nitrogens with one attached hydrogen (secondary N) is 1. The minimum absolute atomic E-state index is 0.364. The van der Waals surface area contributed by atoms with Crippen molar-refractivity contribution in [1.82, 2.24) is 15.1 Å². The van der Waals surface area contributed by atoms with Gasteiger partial charge in [-0.1, -0.05) is 6.92 Å². The van der Waals surface area contributed by atoms with E-state index in [4.69, 9.17) is 4.74 Å². The quantitative estimate of drug-likeness (QED) is 0.830. The molecule has 4 nitrogen and oxygen atoms in total. The van der Waals surface area contributed by atoms with E-state index in [1.165, 1.54) is 51.9 Å². The summed E-state index contributed by atoms with van der Waals surface area (Å²) >= 11 is 0. The van der Waals surface area contributed by atoms with Gasteiger partial charge in [-0.05, 0) is 58.3 Å². The highest BCUT2D eigenvalue weighted by molar-refractivity contribution is 4.94. The standard InChI is InChI=1S/C17H33N3O/c1-3-18-12-17(7-10-21-14-17)13-20-9-6-16-15(11-20)5-4-8-19(16)2/h15-16,18H,3-14H2,1-2H3. The third-order valence-electron chi connectivity index (χ3n) is 5.92. The molecule has 3 atom stereocenters. The molecule has 0 spiro atoms. The second-order valence-electron chi connectivity index (χ2n) is 7.56. The van der Waals surface area contributed by atoms with Crippen molar-refractivity contribution in [3.63, 3.8) is 0 Å². The Morgan fingerprint density at radius 2 is 2.19 bits per heavy atom. The predicted molar refractivity (Wildman–Crippen MR) is 86.6 cm³/mol. The molecular weight excluding hydrogens is 262 g/mol. The van der Waals surface area contributed by atoms with Crippen LogP contribution in [-0.4, -0.2) is 75.4 Å². The highest BCUT2D eigenvalue weighted by Crippen LogP contribution is 2.34. The maximum Gasteiger partial charge on any atom is 0.0547 e. The lowest BCUT2D eigenvalue weighted by Crippen LogP contribution is -2.55. The van der Waals surface area contributed by atoms with Gasteiger partial charge >= 0.3 is 0 Å². The fraction of sp³-hybridized carbons (Fsp3) is 1.00. The maximum absolute atomic E-state index is 5.75. The van der Waals surface area contributed by atoms with Gasteiger partial charge in [-0.3, -0.25) is 0 Å². The number of hydrogen-bond acceptors (Lipinski definition) is 4. The van der Waals surface area contributed by atoms with Crippen LogP contribution in [0.25, 0.3) is 0 Å². The van der Waals surface area contributed by atoms with E-state index in [9.17, 15) is 0 Å². The Morgan fingerprint density at radius 3 is 2.95 bits per heavy atom. The summed E-state index contributed by atoms with van der Waals surface area (Å²) in [5.41, 5.74) is 0.364. The average molecular weight is 295 g/mol. The molecule has 0 aliphatic carbocycles. The van der Waals surface area contributed by atoms with Gasteiger partial charge in [-0.2, -0.15) is 0 Å².